The van der Waals surface area contributed by atoms with Crippen molar-refractivity contribution in [3.8, 4) is 0 Å². The molecule has 2 nitrogen and oxygen atoms in total. The largest absolute Gasteiger partial charge is 0.391 e. The van der Waals surface area contributed by atoms with Crippen molar-refractivity contribution in [2.75, 3.05) is 0 Å². The molecule has 0 aromatic heterocycles. The van der Waals surface area contributed by atoms with Gasteiger partial charge in [0.25, 0.3) is 0 Å². The summed E-state index contributed by atoms with van der Waals surface area (Å²) in [6.45, 7) is 3.89. The molecule has 0 spiro atoms. The molecule has 1 rings (SSSR count). The van der Waals surface area contributed by atoms with E-state index < -0.39 is 6.10 Å². The maximum atomic E-state index is 9.76. The predicted molar refractivity (Wildman–Crippen MR) is 59.2 cm³/mol. The van der Waals surface area contributed by atoms with Gasteiger partial charge in [-0.05, 0) is 23.6 Å². The minimum absolute atomic E-state index is 0.153. The first-order valence-electron chi connectivity index (χ1n) is 4.71. The van der Waals surface area contributed by atoms with E-state index in [1.165, 1.54) is 0 Å². The molecule has 0 fully saturated rings. The van der Waals surface area contributed by atoms with Crippen molar-refractivity contribution in [1.82, 2.24) is 0 Å². The highest BCUT2D eigenvalue weighted by molar-refractivity contribution is 6.30. The highest BCUT2D eigenvalue weighted by Gasteiger charge is 2.19. The Labute approximate surface area is 89.7 Å². The number of hydrogen-bond donors (Lipinski definition) is 2. The van der Waals surface area contributed by atoms with Gasteiger partial charge in [-0.15, -0.1) is 0 Å². The smallest absolute Gasteiger partial charge is 0.0755 e. The standard InChI is InChI=1S/C11H16ClNO/c1-7(2)11(14)10(13)8-3-5-9(12)6-4-8/h3-7,10-11,14H,13H2,1-2H3/t10-,11+/m0/s1. The predicted octanol–water partition coefficient (Wildman–Crippen LogP) is 2.36. The van der Waals surface area contributed by atoms with Crippen LogP contribution in [0.15, 0.2) is 24.3 Å². The number of aliphatic hydroxyl groups excluding tert-OH is 1. The fourth-order valence-corrected chi connectivity index (χ4v) is 1.42. The van der Waals surface area contributed by atoms with Gasteiger partial charge in [0.15, 0.2) is 0 Å². The summed E-state index contributed by atoms with van der Waals surface area (Å²) in [4.78, 5) is 0. The molecule has 0 amide bonds. The molecule has 1 aromatic carbocycles. The van der Waals surface area contributed by atoms with E-state index in [1.54, 1.807) is 12.1 Å². The van der Waals surface area contributed by atoms with Crippen molar-refractivity contribution in [2.45, 2.75) is 26.0 Å². The van der Waals surface area contributed by atoms with Gasteiger partial charge in [-0.1, -0.05) is 37.6 Å². The van der Waals surface area contributed by atoms with Crippen LogP contribution in [0.25, 0.3) is 0 Å². The van der Waals surface area contributed by atoms with E-state index in [4.69, 9.17) is 17.3 Å². The first-order chi connectivity index (χ1) is 6.52. The normalized spacial score (nSPS) is 15.6. The molecule has 3 N–H and O–H groups in total. The van der Waals surface area contributed by atoms with Gasteiger partial charge in [-0.25, -0.2) is 0 Å². The second-order valence-corrected chi connectivity index (χ2v) is 4.25. The molecular formula is C11H16ClNO. The van der Waals surface area contributed by atoms with Crippen LogP contribution in [0.5, 0.6) is 0 Å². The van der Waals surface area contributed by atoms with Gasteiger partial charge >= 0.3 is 0 Å². The Morgan fingerprint density at radius 1 is 1.21 bits per heavy atom. The van der Waals surface area contributed by atoms with Crippen LogP contribution in [0.2, 0.25) is 5.02 Å². The lowest BCUT2D eigenvalue weighted by Crippen LogP contribution is -2.30. The van der Waals surface area contributed by atoms with Gasteiger partial charge in [-0.3, -0.25) is 0 Å². The second-order valence-electron chi connectivity index (χ2n) is 3.81. The fourth-order valence-electron chi connectivity index (χ4n) is 1.30. The van der Waals surface area contributed by atoms with Crippen LogP contribution in [0.1, 0.15) is 25.5 Å². The molecule has 0 bridgehead atoms. The zero-order valence-electron chi connectivity index (χ0n) is 8.44. The number of halogens is 1. The monoisotopic (exact) mass is 213 g/mol. The minimum Gasteiger partial charge on any atom is -0.391 e. The number of aliphatic hydroxyl groups is 1. The first kappa shape index (κ1) is 11.5. The van der Waals surface area contributed by atoms with Crippen molar-refractivity contribution in [3.05, 3.63) is 34.9 Å². The summed E-state index contributed by atoms with van der Waals surface area (Å²) in [5.41, 5.74) is 6.81. The van der Waals surface area contributed by atoms with Crippen LogP contribution in [-0.2, 0) is 0 Å². The highest BCUT2D eigenvalue weighted by atomic mass is 35.5. The van der Waals surface area contributed by atoms with E-state index in [1.807, 2.05) is 26.0 Å². The third-order valence-electron chi connectivity index (χ3n) is 2.31. The van der Waals surface area contributed by atoms with E-state index in [2.05, 4.69) is 0 Å². The highest BCUT2D eigenvalue weighted by Crippen LogP contribution is 2.20. The Morgan fingerprint density at radius 3 is 2.14 bits per heavy atom. The Hall–Kier alpha value is -0.570. The van der Waals surface area contributed by atoms with Crippen LogP contribution < -0.4 is 5.73 Å². The third kappa shape index (κ3) is 2.71. The maximum Gasteiger partial charge on any atom is 0.0755 e. The van der Waals surface area contributed by atoms with Crippen molar-refractivity contribution in [1.29, 1.82) is 0 Å². The van der Waals surface area contributed by atoms with Gasteiger partial charge < -0.3 is 10.8 Å². The zero-order valence-corrected chi connectivity index (χ0v) is 9.20. The first-order valence-corrected chi connectivity index (χ1v) is 5.09. The summed E-state index contributed by atoms with van der Waals surface area (Å²) in [6, 6.07) is 6.91. The van der Waals surface area contributed by atoms with E-state index >= 15 is 0 Å². The molecule has 0 saturated carbocycles. The van der Waals surface area contributed by atoms with Gasteiger partial charge in [0.05, 0.1) is 12.1 Å². The van der Waals surface area contributed by atoms with E-state index in [0.717, 1.165) is 5.56 Å². The van der Waals surface area contributed by atoms with Crippen LogP contribution in [0.3, 0.4) is 0 Å². The fraction of sp³-hybridized carbons (Fsp3) is 0.455. The van der Waals surface area contributed by atoms with Crippen molar-refractivity contribution < 1.29 is 5.11 Å². The maximum absolute atomic E-state index is 9.76. The molecule has 2 atom stereocenters. The molecule has 0 aliphatic heterocycles. The summed E-state index contributed by atoms with van der Waals surface area (Å²) in [7, 11) is 0. The van der Waals surface area contributed by atoms with Gasteiger partial charge in [-0.2, -0.15) is 0 Å². The van der Waals surface area contributed by atoms with Crippen molar-refractivity contribution in [2.24, 2.45) is 11.7 Å². The number of hydrogen-bond acceptors (Lipinski definition) is 2. The number of rotatable bonds is 3. The third-order valence-corrected chi connectivity index (χ3v) is 2.56. The summed E-state index contributed by atoms with van der Waals surface area (Å²) >= 11 is 5.76. The van der Waals surface area contributed by atoms with Gasteiger partial charge in [0.2, 0.25) is 0 Å². The number of nitrogens with two attached hydrogens (primary N) is 1. The molecule has 1 aromatic rings. The molecule has 0 heterocycles. The van der Waals surface area contributed by atoms with Crippen LogP contribution in [-0.4, -0.2) is 11.2 Å². The lowest BCUT2D eigenvalue weighted by atomic mass is 9.95. The molecular weight excluding hydrogens is 198 g/mol. The summed E-state index contributed by atoms with van der Waals surface area (Å²) < 4.78 is 0. The molecule has 0 aliphatic rings. The van der Waals surface area contributed by atoms with Gasteiger partial charge in [0.1, 0.15) is 0 Å². The average Bonchev–Trinajstić information content (AvgIpc) is 2.16. The summed E-state index contributed by atoms with van der Waals surface area (Å²) in [5.74, 6) is 0.153. The van der Waals surface area contributed by atoms with Crippen LogP contribution >= 0.6 is 11.6 Å². The quantitative estimate of drug-likeness (QED) is 0.810. The van der Waals surface area contributed by atoms with Crippen molar-refractivity contribution in [3.63, 3.8) is 0 Å². The summed E-state index contributed by atoms with van der Waals surface area (Å²) in [6.07, 6.45) is -0.517. The molecule has 0 saturated heterocycles. The van der Waals surface area contributed by atoms with Crippen LogP contribution in [0, 0.1) is 5.92 Å². The minimum atomic E-state index is -0.517. The Kier molecular flexibility index (Phi) is 3.93. The second kappa shape index (κ2) is 4.78. The molecule has 0 unspecified atom stereocenters. The lowest BCUT2D eigenvalue weighted by Gasteiger charge is -2.22. The summed E-state index contributed by atoms with van der Waals surface area (Å²) in [5, 5.41) is 10.4. The average molecular weight is 214 g/mol. The number of benzene rings is 1. The molecule has 0 aliphatic carbocycles. The van der Waals surface area contributed by atoms with E-state index in [0.29, 0.717) is 5.02 Å². The Balaban J connectivity index is 2.78. The topological polar surface area (TPSA) is 46.2 Å². The van der Waals surface area contributed by atoms with Crippen LogP contribution in [0.4, 0.5) is 0 Å². The Morgan fingerprint density at radius 2 is 1.71 bits per heavy atom. The molecule has 0 radical (unpaired) electrons. The molecule has 14 heavy (non-hydrogen) atoms. The SMILES string of the molecule is CC(C)[C@@H](O)[C@@H](N)c1ccc(Cl)cc1. The lowest BCUT2D eigenvalue weighted by molar-refractivity contribution is 0.0979. The molecule has 3 heteroatoms. The van der Waals surface area contributed by atoms with E-state index in [9.17, 15) is 5.11 Å². The van der Waals surface area contributed by atoms with Gasteiger partial charge in [0, 0.05) is 5.02 Å². The zero-order chi connectivity index (χ0) is 10.7. The van der Waals surface area contributed by atoms with E-state index in [-0.39, 0.29) is 12.0 Å². The Bertz CT molecular complexity index is 284. The van der Waals surface area contributed by atoms with Crippen molar-refractivity contribution >= 4 is 11.6 Å². The molecule has 78 valence electrons.